The molecule has 1 aliphatic rings. The first-order chi connectivity index (χ1) is 13.5. The van der Waals surface area contributed by atoms with Crippen molar-refractivity contribution >= 4 is 22.8 Å². The Hall–Kier alpha value is -3.08. The second-order valence-corrected chi connectivity index (χ2v) is 7.46. The maximum Gasteiger partial charge on any atom is 0.289 e. The molecular formula is C23H24N2O3. The van der Waals surface area contributed by atoms with Crippen molar-refractivity contribution in [2.24, 2.45) is 0 Å². The van der Waals surface area contributed by atoms with E-state index in [4.69, 9.17) is 4.42 Å². The van der Waals surface area contributed by atoms with Gasteiger partial charge in [0.2, 0.25) is 0 Å². The molecule has 1 aromatic heterocycles. The fourth-order valence-corrected chi connectivity index (χ4v) is 3.71. The van der Waals surface area contributed by atoms with Gasteiger partial charge >= 0.3 is 0 Å². The summed E-state index contributed by atoms with van der Waals surface area (Å²) in [5, 5.41) is 0.939. The molecule has 0 radical (unpaired) electrons. The van der Waals surface area contributed by atoms with Gasteiger partial charge in [0.1, 0.15) is 5.58 Å². The number of furan rings is 1. The molecule has 4 rings (SSSR count). The van der Waals surface area contributed by atoms with Crippen LogP contribution in [0.4, 0.5) is 0 Å². The number of hydrogen-bond acceptors (Lipinski definition) is 3. The van der Waals surface area contributed by atoms with Crippen LogP contribution >= 0.6 is 0 Å². The van der Waals surface area contributed by atoms with Crippen molar-refractivity contribution in [3.8, 4) is 0 Å². The van der Waals surface area contributed by atoms with E-state index in [2.05, 4.69) is 0 Å². The zero-order valence-corrected chi connectivity index (χ0v) is 16.3. The fraction of sp³-hybridized carbons (Fsp3) is 0.304. The molecule has 3 aromatic rings. The normalized spacial score (nSPS) is 14.9. The maximum atomic E-state index is 12.9. The Bertz CT molecular complexity index is 1040. The summed E-state index contributed by atoms with van der Waals surface area (Å²) in [5.41, 5.74) is 3.62. The smallest absolute Gasteiger partial charge is 0.289 e. The molecule has 1 aliphatic heterocycles. The molecule has 1 fully saturated rings. The Balaban J connectivity index is 1.47. The number of nitrogens with zero attached hydrogens (tertiary/aromatic N) is 2. The largest absolute Gasteiger partial charge is 0.451 e. The second kappa shape index (κ2) is 7.50. The van der Waals surface area contributed by atoms with Crippen molar-refractivity contribution in [2.45, 2.75) is 20.3 Å². The molecule has 0 N–H and O–H groups in total. The molecule has 0 aliphatic carbocycles. The molecule has 28 heavy (non-hydrogen) atoms. The topological polar surface area (TPSA) is 53.8 Å². The minimum Gasteiger partial charge on any atom is -0.451 e. The Morgan fingerprint density at radius 3 is 2.29 bits per heavy atom. The number of rotatable bonds is 2. The van der Waals surface area contributed by atoms with Crippen LogP contribution in [0.25, 0.3) is 11.0 Å². The second-order valence-electron chi connectivity index (χ2n) is 7.46. The van der Waals surface area contributed by atoms with Gasteiger partial charge in [-0.2, -0.15) is 0 Å². The summed E-state index contributed by atoms with van der Waals surface area (Å²) in [6.45, 7) is 6.30. The molecule has 1 saturated heterocycles. The van der Waals surface area contributed by atoms with E-state index in [-0.39, 0.29) is 11.8 Å². The zero-order valence-electron chi connectivity index (χ0n) is 16.3. The van der Waals surface area contributed by atoms with E-state index >= 15 is 0 Å². The third kappa shape index (κ3) is 3.65. The van der Waals surface area contributed by atoms with Gasteiger partial charge < -0.3 is 14.2 Å². The van der Waals surface area contributed by atoms with Crippen LogP contribution in [-0.2, 0) is 0 Å². The van der Waals surface area contributed by atoms with Gasteiger partial charge in [-0.1, -0.05) is 29.3 Å². The Morgan fingerprint density at radius 2 is 1.54 bits per heavy atom. The van der Waals surface area contributed by atoms with Crippen molar-refractivity contribution in [1.29, 1.82) is 0 Å². The van der Waals surface area contributed by atoms with Crippen LogP contribution in [0, 0.1) is 13.8 Å². The number of aryl methyl sites for hydroxylation is 2. The first-order valence-electron chi connectivity index (χ1n) is 9.67. The highest BCUT2D eigenvalue weighted by atomic mass is 16.3. The van der Waals surface area contributed by atoms with Gasteiger partial charge in [-0.15, -0.1) is 0 Å². The summed E-state index contributed by atoms with van der Waals surface area (Å²) in [4.78, 5) is 29.4. The third-order valence-electron chi connectivity index (χ3n) is 5.22. The monoisotopic (exact) mass is 376 g/mol. The van der Waals surface area contributed by atoms with E-state index in [9.17, 15) is 9.59 Å². The molecule has 5 nitrogen and oxygen atoms in total. The van der Waals surface area contributed by atoms with E-state index in [0.29, 0.717) is 37.5 Å². The molecule has 2 aromatic carbocycles. The van der Waals surface area contributed by atoms with Crippen LogP contribution in [0.5, 0.6) is 0 Å². The predicted molar refractivity (Wildman–Crippen MR) is 109 cm³/mol. The van der Waals surface area contributed by atoms with Crippen LogP contribution in [0.1, 0.15) is 38.5 Å². The minimum atomic E-state index is -0.112. The summed E-state index contributed by atoms with van der Waals surface area (Å²) in [5.74, 6) is 0.273. The highest BCUT2D eigenvalue weighted by Crippen LogP contribution is 2.22. The Morgan fingerprint density at radius 1 is 0.821 bits per heavy atom. The Labute approximate surface area is 164 Å². The van der Waals surface area contributed by atoms with E-state index in [1.165, 1.54) is 0 Å². The molecule has 0 spiro atoms. The molecule has 2 amide bonds. The average molecular weight is 376 g/mol. The van der Waals surface area contributed by atoms with E-state index < -0.39 is 0 Å². The number of carbonyl (C=O) groups excluding carboxylic acids is 2. The van der Waals surface area contributed by atoms with Gasteiger partial charge in [0.05, 0.1) is 0 Å². The lowest BCUT2D eigenvalue weighted by Gasteiger charge is -2.22. The van der Waals surface area contributed by atoms with Crippen molar-refractivity contribution in [3.05, 3.63) is 71.0 Å². The summed E-state index contributed by atoms with van der Waals surface area (Å²) < 4.78 is 5.76. The fourth-order valence-electron chi connectivity index (χ4n) is 3.71. The molecule has 0 bridgehead atoms. The third-order valence-corrected chi connectivity index (χ3v) is 5.22. The van der Waals surface area contributed by atoms with Crippen LogP contribution in [-0.4, -0.2) is 47.8 Å². The molecule has 5 heteroatoms. The highest BCUT2D eigenvalue weighted by Gasteiger charge is 2.25. The molecular weight excluding hydrogens is 352 g/mol. The lowest BCUT2D eigenvalue weighted by atomic mass is 10.1. The minimum absolute atomic E-state index is 0.0252. The molecule has 2 heterocycles. The lowest BCUT2D eigenvalue weighted by molar-refractivity contribution is 0.0702. The number of fused-ring (bicyclic) bond motifs is 1. The summed E-state index contributed by atoms with van der Waals surface area (Å²) in [6.07, 6.45) is 0.753. The number of hydrogen-bond donors (Lipinski definition) is 0. The highest BCUT2D eigenvalue weighted by molar-refractivity contribution is 5.97. The van der Waals surface area contributed by atoms with Crippen LogP contribution in [0.3, 0.4) is 0 Å². The van der Waals surface area contributed by atoms with Crippen molar-refractivity contribution < 1.29 is 14.0 Å². The quantitative estimate of drug-likeness (QED) is 0.678. The van der Waals surface area contributed by atoms with Crippen LogP contribution in [0.15, 0.2) is 52.9 Å². The summed E-state index contributed by atoms with van der Waals surface area (Å²) in [7, 11) is 0. The van der Waals surface area contributed by atoms with Gasteiger partial charge in [-0.25, -0.2) is 0 Å². The maximum absolute atomic E-state index is 12.9. The van der Waals surface area contributed by atoms with Crippen molar-refractivity contribution in [3.63, 3.8) is 0 Å². The predicted octanol–water partition coefficient (Wildman–Crippen LogP) is 4.04. The zero-order chi connectivity index (χ0) is 19.7. The van der Waals surface area contributed by atoms with Crippen molar-refractivity contribution in [2.75, 3.05) is 26.2 Å². The van der Waals surface area contributed by atoms with Gasteiger partial charge in [0.25, 0.3) is 11.8 Å². The van der Waals surface area contributed by atoms with Crippen LogP contribution in [0.2, 0.25) is 0 Å². The average Bonchev–Trinajstić information content (AvgIpc) is 2.95. The van der Waals surface area contributed by atoms with Gasteiger partial charge in [-0.3, -0.25) is 9.59 Å². The standard InChI is InChI=1S/C23H24N2O3/c1-16-5-3-6-18(13-16)22(26)24-9-4-10-25(12-11-24)23(27)21-15-19-14-17(2)7-8-20(19)28-21/h3,5-8,13-15H,4,9-12H2,1-2H3. The number of benzene rings is 2. The molecule has 144 valence electrons. The molecule has 0 unspecified atom stereocenters. The van der Waals surface area contributed by atoms with Crippen molar-refractivity contribution in [1.82, 2.24) is 9.80 Å². The van der Waals surface area contributed by atoms with Crippen LogP contribution < -0.4 is 0 Å². The van der Waals surface area contributed by atoms with Gasteiger partial charge in [0.15, 0.2) is 5.76 Å². The molecule has 0 atom stereocenters. The molecule has 0 saturated carbocycles. The summed E-state index contributed by atoms with van der Waals surface area (Å²) >= 11 is 0. The van der Waals surface area contributed by atoms with E-state index in [0.717, 1.165) is 28.5 Å². The number of carbonyl (C=O) groups is 2. The van der Waals surface area contributed by atoms with E-state index in [1.54, 1.807) is 4.90 Å². The van der Waals surface area contributed by atoms with E-state index in [1.807, 2.05) is 67.3 Å². The first kappa shape index (κ1) is 18.3. The number of amides is 2. The lowest BCUT2D eigenvalue weighted by Crippen LogP contribution is -2.37. The first-order valence-corrected chi connectivity index (χ1v) is 9.67. The SMILES string of the molecule is Cc1cccc(C(=O)N2CCCN(C(=O)c3cc4cc(C)ccc4o3)CC2)c1. The van der Waals surface area contributed by atoms with Gasteiger partial charge in [-0.05, 0) is 50.6 Å². The van der Waals surface area contributed by atoms with Gasteiger partial charge in [0, 0.05) is 37.1 Å². The Kier molecular flexibility index (Phi) is 4.90. The summed E-state index contributed by atoms with van der Waals surface area (Å²) in [6, 6.07) is 15.3.